The lowest BCUT2D eigenvalue weighted by molar-refractivity contribution is 0.147. The highest BCUT2D eigenvalue weighted by Crippen LogP contribution is 2.35. The van der Waals surface area contributed by atoms with Gasteiger partial charge in [0.2, 0.25) is 0 Å². The molecule has 0 saturated heterocycles. The van der Waals surface area contributed by atoms with E-state index >= 15 is 0 Å². The van der Waals surface area contributed by atoms with E-state index in [2.05, 4.69) is 5.10 Å². The number of rotatable bonds is 3. The minimum Gasteiger partial charge on any atom is -0.232 e. The maximum Gasteiger partial charge on any atom is 0.282 e. The van der Waals surface area contributed by atoms with Crippen molar-refractivity contribution < 1.29 is 21.6 Å². The average molecular weight is 404 g/mol. The van der Waals surface area contributed by atoms with Crippen LogP contribution >= 0.6 is 0 Å². The van der Waals surface area contributed by atoms with Crippen LogP contribution in [0.4, 0.5) is 13.2 Å². The zero-order chi connectivity index (χ0) is 20.2. The van der Waals surface area contributed by atoms with Crippen LogP contribution in [0.2, 0.25) is 0 Å². The first-order valence-electron chi connectivity index (χ1n) is 8.37. The molecule has 0 radical (unpaired) electrons. The largest absolute Gasteiger partial charge is 0.282 e. The Balaban J connectivity index is 2.07. The van der Waals surface area contributed by atoms with Crippen molar-refractivity contribution in [2.24, 2.45) is 0 Å². The van der Waals surface area contributed by atoms with Gasteiger partial charge in [0.05, 0.1) is 16.1 Å². The summed E-state index contributed by atoms with van der Waals surface area (Å²) >= 11 is 0. The van der Waals surface area contributed by atoms with Crippen molar-refractivity contribution >= 4 is 31.5 Å². The predicted molar refractivity (Wildman–Crippen MR) is 101 cm³/mol. The van der Waals surface area contributed by atoms with Gasteiger partial charge >= 0.3 is 0 Å². The van der Waals surface area contributed by atoms with Gasteiger partial charge in [0.25, 0.3) is 6.43 Å². The lowest BCUT2D eigenvalue weighted by Gasteiger charge is -2.09. The van der Waals surface area contributed by atoms with Gasteiger partial charge in [-0.2, -0.15) is 5.10 Å². The molecule has 1 aromatic heterocycles. The molecule has 0 bridgehead atoms. The normalized spacial score (nSPS) is 12.4. The van der Waals surface area contributed by atoms with Gasteiger partial charge in [0.15, 0.2) is 9.84 Å². The Kier molecular flexibility index (Phi) is 4.19. The molecule has 8 heteroatoms. The molecule has 0 atom stereocenters. The highest BCUT2D eigenvalue weighted by Gasteiger charge is 2.22. The highest BCUT2D eigenvalue weighted by molar-refractivity contribution is 7.90. The second-order valence-corrected chi connectivity index (χ2v) is 8.63. The van der Waals surface area contributed by atoms with Crippen molar-refractivity contribution in [3.8, 4) is 5.69 Å². The Morgan fingerprint density at radius 1 is 0.929 bits per heavy atom. The first-order chi connectivity index (χ1) is 13.2. The van der Waals surface area contributed by atoms with E-state index in [1.807, 2.05) is 0 Å². The molecule has 4 aromatic rings. The smallest absolute Gasteiger partial charge is 0.232 e. The van der Waals surface area contributed by atoms with Crippen molar-refractivity contribution in [2.45, 2.75) is 18.2 Å². The molecule has 0 unspecified atom stereocenters. The van der Waals surface area contributed by atoms with Gasteiger partial charge in [-0.05, 0) is 42.8 Å². The minimum absolute atomic E-state index is 0.105. The summed E-state index contributed by atoms with van der Waals surface area (Å²) < 4.78 is 66.3. The van der Waals surface area contributed by atoms with E-state index < -0.39 is 27.8 Å². The molecule has 4 rings (SSSR count). The standard InChI is InChI=1S/C20H15F3N2O2S/c1-11-3-8-15-14(17(11)21)9-10-16-18(20(22)23)24-25(19(15)16)12-4-6-13(7-5-12)28(2,26)27/h3-10,20H,1-2H3. The Morgan fingerprint density at radius 3 is 2.14 bits per heavy atom. The van der Waals surface area contributed by atoms with Crippen LogP contribution in [0.25, 0.3) is 27.4 Å². The van der Waals surface area contributed by atoms with Gasteiger partial charge in [-0.15, -0.1) is 0 Å². The van der Waals surface area contributed by atoms with Gasteiger partial charge in [-0.25, -0.2) is 26.3 Å². The first-order valence-corrected chi connectivity index (χ1v) is 10.3. The SMILES string of the molecule is Cc1ccc2c(ccc3c(C(F)F)nn(-c4ccc(S(C)(=O)=O)cc4)c32)c1F. The van der Waals surface area contributed by atoms with Crippen molar-refractivity contribution in [3.63, 3.8) is 0 Å². The molecule has 0 aliphatic carbocycles. The molecule has 0 spiro atoms. The van der Waals surface area contributed by atoms with Crippen LogP contribution in [0.3, 0.4) is 0 Å². The number of halogens is 3. The third-order valence-corrected chi connectivity index (χ3v) is 5.84. The first kappa shape index (κ1) is 18.5. The molecule has 3 aromatic carbocycles. The number of sulfone groups is 1. The third kappa shape index (κ3) is 2.84. The van der Waals surface area contributed by atoms with Crippen LogP contribution in [-0.2, 0) is 9.84 Å². The number of hydrogen-bond acceptors (Lipinski definition) is 3. The van der Waals surface area contributed by atoms with Gasteiger partial charge < -0.3 is 0 Å². The summed E-state index contributed by atoms with van der Waals surface area (Å²) in [5.41, 5.74) is 0.783. The molecule has 0 N–H and O–H groups in total. The second-order valence-electron chi connectivity index (χ2n) is 6.62. The fraction of sp³-hybridized carbons (Fsp3) is 0.150. The summed E-state index contributed by atoms with van der Waals surface area (Å²) in [7, 11) is -3.40. The molecular weight excluding hydrogens is 389 g/mol. The van der Waals surface area contributed by atoms with Gasteiger partial charge in [0.1, 0.15) is 11.5 Å². The molecule has 0 aliphatic heterocycles. The maximum atomic E-state index is 14.6. The number of aromatic nitrogens is 2. The third-order valence-electron chi connectivity index (χ3n) is 4.71. The van der Waals surface area contributed by atoms with Crippen LogP contribution in [0, 0.1) is 12.7 Å². The summed E-state index contributed by atoms with van der Waals surface area (Å²) in [6.45, 7) is 1.63. The summed E-state index contributed by atoms with van der Waals surface area (Å²) in [6, 6.07) is 11.9. The van der Waals surface area contributed by atoms with Gasteiger partial charge in [-0.3, -0.25) is 0 Å². The highest BCUT2D eigenvalue weighted by atomic mass is 32.2. The number of aryl methyl sites for hydroxylation is 1. The maximum absolute atomic E-state index is 14.6. The number of fused-ring (bicyclic) bond motifs is 3. The zero-order valence-electron chi connectivity index (χ0n) is 14.9. The molecule has 4 nitrogen and oxygen atoms in total. The Hall–Kier alpha value is -2.87. The molecule has 1 heterocycles. The fourth-order valence-electron chi connectivity index (χ4n) is 3.29. The number of hydrogen-bond donors (Lipinski definition) is 0. The molecule has 0 saturated carbocycles. The number of nitrogens with zero attached hydrogens (tertiary/aromatic N) is 2. The van der Waals surface area contributed by atoms with E-state index in [-0.39, 0.29) is 10.3 Å². The van der Waals surface area contributed by atoms with E-state index in [1.165, 1.54) is 41.1 Å². The van der Waals surface area contributed by atoms with Crippen molar-refractivity contribution in [1.82, 2.24) is 9.78 Å². The Morgan fingerprint density at radius 2 is 1.54 bits per heavy atom. The lowest BCUT2D eigenvalue weighted by atomic mass is 10.0. The van der Waals surface area contributed by atoms with E-state index in [1.54, 1.807) is 19.1 Å². The van der Waals surface area contributed by atoms with E-state index in [4.69, 9.17) is 0 Å². The number of benzene rings is 3. The van der Waals surface area contributed by atoms with Crippen molar-refractivity contribution in [1.29, 1.82) is 0 Å². The Labute approximate surface area is 159 Å². The van der Waals surface area contributed by atoms with E-state index in [0.29, 0.717) is 27.5 Å². The minimum atomic E-state index is -3.40. The second kappa shape index (κ2) is 6.34. The van der Waals surface area contributed by atoms with Crippen LogP contribution in [-0.4, -0.2) is 24.5 Å². The van der Waals surface area contributed by atoms with Crippen LogP contribution in [0.15, 0.2) is 53.4 Å². The van der Waals surface area contributed by atoms with Gasteiger partial charge in [-0.1, -0.05) is 18.2 Å². The Bertz CT molecular complexity index is 1330. The molecule has 0 amide bonds. The van der Waals surface area contributed by atoms with Crippen molar-refractivity contribution in [3.05, 3.63) is 65.6 Å². The lowest BCUT2D eigenvalue weighted by Crippen LogP contribution is -2.01. The topological polar surface area (TPSA) is 52.0 Å². The molecule has 144 valence electrons. The average Bonchev–Trinajstić information content (AvgIpc) is 3.04. The molecule has 28 heavy (non-hydrogen) atoms. The summed E-state index contributed by atoms with van der Waals surface area (Å²) in [5, 5.41) is 5.03. The van der Waals surface area contributed by atoms with Crippen molar-refractivity contribution in [2.75, 3.05) is 6.26 Å². The number of alkyl halides is 2. The van der Waals surface area contributed by atoms with E-state index in [0.717, 1.165) is 6.26 Å². The molecule has 0 fully saturated rings. The fourth-order valence-corrected chi connectivity index (χ4v) is 3.92. The van der Waals surface area contributed by atoms with Crippen LogP contribution in [0.1, 0.15) is 17.7 Å². The van der Waals surface area contributed by atoms with E-state index in [9.17, 15) is 21.6 Å². The van der Waals surface area contributed by atoms with Crippen LogP contribution in [0.5, 0.6) is 0 Å². The van der Waals surface area contributed by atoms with Crippen LogP contribution < -0.4 is 0 Å². The quantitative estimate of drug-likeness (QED) is 0.485. The predicted octanol–water partition coefficient (Wildman–Crippen LogP) is 4.97. The summed E-state index contributed by atoms with van der Waals surface area (Å²) in [4.78, 5) is 0.105. The summed E-state index contributed by atoms with van der Waals surface area (Å²) in [6.07, 6.45) is -1.73. The van der Waals surface area contributed by atoms with Gasteiger partial charge in [0, 0.05) is 22.4 Å². The zero-order valence-corrected chi connectivity index (χ0v) is 15.8. The molecular formula is C20H15F3N2O2S. The monoisotopic (exact) mass is 404 g/mol. The molecule has 0 aliphatic rings. The summed E-state index contributed by atoms with van der Waals surface area (Å²) in [5.74, 6) is -0.418.